The van der Waals surface area contributed by atoms with E-state index in [1.54, 1.807) is 0 Å². The van der Waals surface area contributed by atoms with E-state index < -0.39 is 0 Å². The van der Waals surface area contributed by atoms with E-state index in [0.29, 0.717) is 19.1 Å². The summed E-state index contributed by atoms with van der Waals surface area (Å²) in [4.78, 5) is 20.2. The van der Waals surface area contributed by atoms with Gasteiger partial charge in [0.05, 0.1) is 24.4 Å². The minimum absolute atomic E-state index is 0.0105. The molecule has 5 rings (SSSR count). The molecule has 8 heteroatoms. The molecule has 0 atom stereocenters. The van der Waals surface area contributed by atoms with Crippen LogP contribution < -0.4 is 15.8 Å². The number of aliphatic hydroxyl groups excluding tert-OH is 1. The molecule has 3 aromatic rings. The van der Waals surface area contributed by atoms with E-state index in [2.05, 4.69) is 36.9 Å². The van der Waals surface area contributed by atoms with Crippen molar-refractivity contribution >= 4 is 16.6 Å². The summed E-state index contributed by atoms with van der Waals surface area (Å²) in [7, 11) is 0. The number of pyridine rings is 1. The fourth-order valence-electron chi connectivity index (χ4n) is 5.76. The Morgan fingerprint density at radius 2 is 1.86 bits per heavy atom. The molecule has 2 fully saturated rings. The number of nitrogens with one attached hydrogen (secondary N) is 2. The molecule has 0 bridgehead atoms. The number of aliphatic hydroxyl groups is 1. The van der Waals surface area contributed by atoms with Crippen LogP contribution >= 0.6 is 0 Å². The number of hydrogen-bond acceptors (Lipinski definition) is 6. The number of β-amino-alcohol motifs (C(OH)–C–C–N with tert-alkyl or cyclic N) is 1. The first-order valence-electron chi connectivity index (χ1n) is 13.0. The quantitative estimate of drug-likeness (QED) is 0.461. The number of aromatic amines is 1. The van der Waals surface area contributed by atoms with E-state index in [0.717, 1.165) is 49.5 Å². The van der Waals surface area contributed by atoms with Gasteiger partial charge in [0.2, 0.25) is 0 Å². The maximum atomic E-state index is 12.5. The Bertz CT molecular complexity index is 1220. The number of aryl methyl sites for hydroxylation is 2. The Kier molecular flexibility index (Phi) is 7.22. The fraction of sp³-hybridized carbons (Fsp3) is 0.556. The van der Waals surface area contributed by atoms with Crippen molar-refractivity contribution in [2.45, 2.75) is 58.7 Å². The number of hydrogen-bond donors (Lipinski definition) is 3. The van der Waals surface area contributed by atoms with E-state index in [1.807, 2.05) is 26.1 Å². The van der Waals surface area contributed by atoms with Crippen molar-refractivity contribution in [2.75, 3.05) is 44.2 Å². The highest BCUT2D eigenvalue weighted by molar-refractivity contribution is 5.86. The normalized spacial score (nSPS) is 17.6. The van der Waals surface area contributed by atoms with Gasteiger partial charge in [0.1, 0.15) is 0 Å². The third-order valence-corrected chi connectivity index (χ3v) is 7.72. The Morgan fingerprint density at radius 1 is 1.09 bits per heavy atom. The molecular formula is C27H38N6O2. The van der Waals surface area contributed by atoms with Crippen molar-refractivity contribution in [1.29, 1.82) is 0 Å². The first-order chi connectivity index (χ1) is 17.0. The Labute approximate surface area is 206 Å². The number of nitrogens with zero attached hydrogens (tertiary/aromatic N) is 4. The van der Waals surface area contributed by atoms with E-state index >= 15 is 0 Å². The molecule has 8 nitrogen and oxygen atoms in total. The van der Waals surface area contributed by atoms with Crippen LogP contribution in [0.5, 0.6) is 0 Å². The van der Waals surface area contributed by atoms with Crippen LogP contribution in [0.3, 0.4) is 0 Å². The lowest BCUT2D eigenvalue weighted by molar-refractivity contribution is 0.189. The molecule has 0 radical (unpaired) electrons. The number of benzene rings is 1. The van der Waals surface area contributed by atoms with Crippen LogP contribution in [-0.4, -0.2) is 64.1 Å². The average molecular weight is 479 g/mol. The molecule has 2 aliphatic rings. The van der Waals surface area contributed by atoms with Crippen molar-refractivity contribution in [3.05, 3.63) is 57.1 Å². The molecular weight excluding hydrogens is 440 g/mol. The molecule has 188 valence electrons. The highest BCUT2D eigenvalue weighted by Gasteiger charge is 2.23. The lowest BCUT2D eigenvalue weighted by atomic mass is 10.1. The number of H-pyrrole nitrogens is 1. The van der Waals surface area contributed by atoms with Gasteiger partial charge < -0.3 is 20.3 Å². The molecule has 0 amide bonds. The third kappa shape index (κ3) is 5.15. The minimum atomic E-state index is -0.0105. The van der Waals surface area contributed by atoms with Crippen LogP contribution in [0.15, 0.2) is 29.2 Å². The zero-order chi connectivity index (χ0) is 24.4. The van der Waals surface area contributed by atoms with Crippen molar-refractivity contribution in [2.24, 2.45) is 0 Å². The topological polar surface area (TPSA) is 89.4 Å². The van der Waals surface area contributed by atoms with Gasteiger partial charge in [-0.15, -0.1) is 0 Å². The maximum absolute atomic E-state index is 12.5. The molecule has 1 aliphatic heterocycles. The van der Waals surface area contributed by atoms with Crippen molar-refractivity contribution in [3.63, 3.8) is 0 Å². The minimum Gasteiger partial charge on any atom is -0.395 e. The summed E-state index contributed by atoms with van der Waals surface area (Å²) in [6.45, 7) is 9.91. The van der Waals surface area contributed by atoms with Crippen molar-refractivity contribution < 1.29 is 5.11 Å². The van der Waals surface area contributed by atoms with Crippen LogP contribution in [-0.2, 0) is 13.1 Å². The standard InChI is InChI=1S/C27H38N6O2/c1-19-13-20(2)30-27(35)24(19)17-28-16-21-14-23(32-9-7-31(8-10-32)11-12-34)15-26-25(21)18-29-33(26)22-5-3-4-6-22/h13-15,18,22,28,34H,3-12,16-17H2,1-2H3,(H,30,35). The number of rotatable bonds is 8. The molecule has 3 heterocycles. The summed E-state index contributed by atoms with van der Waals surface area (Å²) in [6, 6.07) is 7.13. The molecule has 0 spiro atoms. The number of fused-ring (bicyclic) bond motifs is 1. The maximum Gasteiger partial charge on any atom is 0.252 e. The average Bonchev–Trinajstić information content (AvgIpc) is 3.51. The highest BCUT2D eigenvalue weighted by atomic mass is 16.3. The molecule has 2 aromatic heterocycles. The summed E-state index contributed by atoms with van der Waals surface area (Å²) >= 11 is 0. The SMILES string of the molecule is Cc1cc(C)c(CNCc2cc(N3CCN(CCO)CC3)cc3c2cnn3C2CCCC2)c(=O)[nH]1. The van der Waals surface area contributed by atoms with Gasteiger partial charge in [0.15, 0.2) is 0 Å². The second kappa shape index (κ2) is 10.5. The fourth-order valence-corrected chi connectivity index (χ4v) is 5.76. The predicted molar refractivity (Wildman–Crippen MR) is 140 cm³/mol. The Hall–Kier alpha value is -2.68. The molecule has 35 heavy (non-hydrogen) atoms. The zero-order valence-electron chi connectivity index (χ0n) is 21.0. The largest absolute Gasteiger partial charge is 0.395 e. The van der Waals surface area contributed by atoms with Gasteiger partial charge in [-0.3, -0.25) is 14.4 Å². The van der Waals surface area contributed by atoms with Gasteiger partial charge in [-0.05, 0) is 56.0 Å². The molecule has 1 saturated heterocycles. The van der Waals surface area contributed by atoms with E-state index in [-0.39, 0.29) is 12.2 Å². The first-order valence-corrected chi connectivity index (χ1v) is 13.0. The van der Waals surface area contributed by atoms with Crippen molar-refractivity contribution in [1.82, 2.24) is 25.0 Å². The summed E-state index contributed by atoms with van der Waals surface area (Å²) in [5.41, 5.74) is 6.38. The summed E-state index contributed by atoms with van der Waals surface area (Å²) in [6.07, 6.45) is 6.97. The first kappa shape index (κ1) is 24.0. The number of anilines is 1. The smallest absolute Gasteiger partial charge is 0.252 e. The Morgan fingerprint density at radius 3 is 2.57 bits per heavy atom. The molecule has 0 unspecified atom stereocenters. The zero-order valence-corrected chi connectivity index (χ0v) is 21.0. The van der Waals surface area contributed by atoms with Gasteiger partial charge in [0, 0.05) is 68.1 Å². The van der Waals surface area contributed by atoms with Gasteiger partial charge in [-0.25, -0.2) is 0 Å². The Balaban J connectivity index is 1.41. The summed E-state index contributed by atoms with van der Waals surface area (Å²) in [5.74, 6) is 0. The van der Waals surface area contributed by atoms with Gasteiger partial charge in [-0.1, -0.05) is 12.8 Å². The van der Waals surface area contributed by atoms with E-state index in [1.165, 1.54) is 47.8 Å². The highest BCUT2D eigenvalue weighted by Crippen LogP contribution is 2.34. The predicted octanol–water partition coefficient (Wildman–Crippen LogP) is 2.86. The lowest BCUT2D eigenvalue weighted by Crippen LogP contribution is -2.47. The van der Waals surface area contributed by atoms with Crippen LogP contribution in [0.25, 0.3) is 10.9 Å². The van der Waals surface area contributed by atoms with Crippen LogP contribution in [0.2, 0.25) is 0 Å². The molecule has 3 N–H and O–H groups in total. The molecule has 1 aromatic carbocycles. The lowest BCUT2D eigenvalue weighted by Gasteiger charge is -2.36. The van der Waals surface area contributed by atoms with Crippen LogP contribution in [0, 0.1) is 13.8 Å². The van der Waals surface area contributed by atoms with Crippen LogP contribution in [0.4, 0.5) is 5.69 Å². The van der Waals surface area contributed by atoms with Crippen molar-refractivity contribution in [3.8, 4) is 0 Å². The van der Waals surface area contributed by atoms with Gasteiger partial charge in [0.25, 0.3) is 5.56 Å². The summed E-state index contributed by atoms with van der Waals surface area (Å²) in [5, 5.41) is 18.9. The monoisotopic (exact) mass is 478 g/mol. The van der Waals surface area contributed by atoms with E-state index in [4.69, 9.17) is 5.10 Å². The van der Waals surface area contributed by atoms with Crippen LogP contribution in [0.1, 0.15) is 54.1 Å². The van der Waals surface area contributed by atoms with E-state index in [9.17, 15) is 9.90 Å². The number of aromatic nitrogens is 3. The van der Waals surface area contributed by atoms with Gasteiger partial charge in [-0.2, -0.15) is 5.10 Å². The number of piperazine rings is 1. The second-order valence-corrected chi connectivity index (χ2v) is 10.2. The second-order valence-electron chi connectivity index (χ2n) is 10.2. The van der Waals surface area contributed by atoms with Gasteiger partial charge >= 0.3 is 0 Å². The summed E-state index contributed by atoms with van der Waals surface area (Å²) < 4.78 is 2.26. The molecule has 1 saturated carbocycles. The molecule has 1 aliphatic carbocycles. The third-order valence-electron chi connectivity index (χ3n) is 7.72.